The molecule has 0 aliphatic heterocycles. The summed E-state index contributed by atoms with van der Waals surface area (Å²) < 4.78 is 5.32. The van der Waals surface area contributed by atoms with Crippen molar-refractivity contribution in [2.45, 2.75) is 30.4 Å². The maximum atomic E-state index is 13.6. The van der Waals surface area contributed by atoms with Crippen molar-refractivity contribution in [1.82, 2.24) is 10.3 Å². The van der Waals surface area contributed by atoms with Crippen molar-refractivity contribution in [3.05, 3.63) is 131 Å². The van der Waals surface area contributed by atoms with Gasteiger partial charge in [-0.1, -0.05) is 73.2 Å². The van der Waals surface area contributed by atoms with Gasteiger partial charge in [0.1, 0.15) is 11.4 Å². The van der Waals surface area contributed by atoms with Crippen LogP contribution in [0.15, 0.2) is 119 Å². The average Bonchev–Trinajstić information content (AvgIpc) is 3.56. The van der Waals surface area contributed by atoms with E-state index in [-0.39, 0.29) is 16.9 Å². The zero-order valence-corrected chi connectivity index (χ0v) is 27.8. The molecule has 0 radical (unpaired) electrons. The fourth-order valence-corrected chi connectivity index (χ4v) is 6.28. The maximum absolute atomic E-state index is 13.6. The highest BCUT2D eigenvalue weighted by Gasteiger charge is 2.21. The topological polar surface area (TPSA) is 109 Å². The van der Waals surface area contributed by atoms with Crippen LogP contribution in [0.1, 0.15) is 34.8 Å². The molecule has 0 fully saturated rings. The van der Waals surface area contributed by atoms with E-state index in [9.17, 15) is 14.4 Å². The van der Waals surface area contributed by atoms with E-state index in [0.29, 0.717) is 34.1 Å². The molecule has 47 heavy (non-hydrogen) atoms. The number of methoxy groups -OCH3 is 1. The summed E-state index contributed by atoms with van der Waals surface area (Å²) in [4.78, 5) is 45.2. The Bertz CT molecular complexity index is 1890. The van der Waals surface area contributed by atoms with Crippen LogP contribution in [0.3, 0.4) is 0 Å². The largest absolute Gasteiger partial charge is 0.497 e. The summed E-state index contributed by atoms with van der Waals surface area (Å²) in [7, 11) is 1.56. The average molecular weight is 663 g/mol. The third kappa shape index (κ3) is 9.18. The molecule has 8 nitrogen and oxygen atoms in total. The smallest absolute Gasteiger partial charge is 0.272 e. The first-order valence-corrected chi connectivity index (χ1v) is 16.7. The molecule has 1 heterocycles. The Morgan fingerprint density at radius 2 is 1.68 bits per heavy atom. The number of anilines is 2. The first-order valence-electron chi connectivity index (χ1n) is 14.9. The molecule has 4 aromatic carbocycles. The molecule has 0 saturated heterocycles. The van der Waals surface area contributed by atoms with E-state index in [0.717, 1.165) is 16.2 Å². The van der Waals surface area contributed by atoms with Gasteiger partial charge in [-0.05, 0) is 67.4 Å². The van der Waals surface area contributed by atoms with Crippen molar-refractivity contribution >= 4 is 57.7 Å². The van der Waals surface area contributed by atoms with Crippen LogP contribution in [0.2, 0.25) is 0 Å². The maximum Gasteiger partial charge on any atom is 0.272 e. The number of aryl methyl sites for hydroxylation is 1. The highest BCUT2D eigenvalue weighted by molar-refractivity contribution is 8.00. The molecular formula is C37H34N4O4S2. The first-order chi connectivity index (χ1) is 22.8. The third-order valence-corrected chi connectivity index (χ3v) is 9.16. The SMILES string of the molecule is CCC(Sc1cccc(NC(=O)/C(=C/c2cccc(OC)c2)NC(=O)c2ccccc2)c1)C(=O)Nc1nc(-c2ccc(C)cc2)cs1. The van der Waals surface area contributed by atoms with E-state index >= 15 is 0 Å². The minimum Gasteiger partial charge on any atom is -0.497 e. The van der Waals surface area contributed by atoms with Gasteiger partial charge in [-0.2, -0.15) is 0 Å². The lowest BCUT2D eigenvalue weighted by atomic mass is 10.1. The molecule has 0 saturated carbocycles. The minimum absolute atomic E-state index is 0.0597. The van der Waals surface area contributed by atoms with Gasteiger partial charge in [0.2, 0.25) is 5.91 Å². The molecule has 3 N–H and O–H groups in total. The molecule has 3 amide bonds. The van der Waals surface area contributed by atoms with Gasteiger partial charge in [0.25, 0.3) is 11.8 Å². The number of nitrogens with zero attached hydrogens (tertiary/aromatic N) is 1. The van der Waals surface area contributed by atoms with E-state index in [1.807, 2.05) is 67.8 Å². The van der Waals surface area contributed by atoms with Crippen LogP contribution >= 0.6 is 23.1 Å². The van der Waals surface area contributed by atoms with Crippen molar-refractivity contribution in [2.75, 3.05) is 17.7 Å². The Balaban J connectivity index is 1.28. The van der Waals surface area contributed by atoms with Crippen molar-refractivity contribution in [2.24, 2.45) is 0 Å². The van der Waals surface area contributed by atoms with Gasteiger partial charge >= 0.3 is 0 Å². The van der Waals surface area contributed by atoms with E-state index < -0.39 is 11.8 Å². The van der Waals surface area contributed by atoms with Crippen LogP contribution in [0, 0.1) is 6.92 Å². The Morgan fingerprint density at radius 1 is 0.915 bits per heavy atom. The van der Waals surface area contributed by atoms with Crippen LogP contribution in [0.5, 0.6) is 5.75 Å². The fourth-order valence-electron chi connectivity index (χ4n) is 4.55. The molecule has 5 rings (SSSR count). The van der Waals surface area contributed by atoms with Gasteiger partial charge in [0, 0.05) is 27.1 Å². The lowest BCUT2D eigenvalue weighted by Crippen LogP contribution is -2.30. The number of rotatable bonds is 12. The van der Waals surface area contributed by atoms with E-state index in [1.54, 1.807) is 67.8 Å². The third-order valence-electron chi connectivity index (χ3n) is 7.05. The lowest BCUT2D eigenvalue weighted by Gasteiger charge is -2.15. The Kier molecular flexibility index (Phi) is 11.2. The van der Waals surface area contributed by atoms with Crippen LogP contribution < -0.4 is 20.7 Å². The number of nitrogens with one attached hydrogen (secondary N) is 3. The minimum atomic E-state index is -0.503. The quantitative estimate of drug-likeness (QED) is 0.0922. The van der Waals surface area contributed by atoms with Crippen LogP contribution in [0.4, 0.5) is 10.8 Å². The van der Waals surface area contributed by atoms with Crippen LogP contribution in [0.25, 0.3) is 17.3 Å². The standard InChI is InChI=1S/C37H34N4O4S2/c1-4-33(36(44)41-37-40-32(23-46-37)26-18-16-24(2)17-19-26)47-30-15-9-13-28(22-30)38-35(43)31(21-25-10-8-14-29(20-25)45-3)39-34(42)27-11-6-5-7-12-27/h5-23,33H,4H2,1-3H3,(H,38,43)(H,39,42)(H,40,41,44)/b31-21-. The molecule has 0 aliphatic carbocycles. The Labute approximate surface area is 282 Å². The number of carbonyl (C=O) groups is 3. The highest BCUT2D eigenvalue weighted by Crippen LogP contribution is 2.30. The summed E-state index contributed by atoms with van der Waals surface area (Å²) in [6, 6.07) is 31.2. The number of amides is 3. The van der Waals surface area contributed by atoms with E-state index in [1.165, 1.54) is 28.7 Å². The van der Waals surface area contributed by atoms with Crippen LogP contribution in [-0.2, 0) is 9.59 Å². The summed E-state index contributed by atoms with van der Waals surface area (Å²) in [5, 5.41) is 10.7. The molecule has 0 spiro atoms. The van der Waals surface area contributed by atoms with Gasteiger partial charge < -0.3 is 20.7 Å². The van der Waals surface area contributed by atoms with Crippen molar-refractivity contribution in [1.29, 1.82) is 0 Å². The number of benzene rings is 4. The number of carbonyl (C=O) groups excluding carboxylic acids is 3. The summed E-state index contributed by atoms with van der Waals surface area (Å²) in [6.07, 6.45) is 2.18. The van der Waals surface area contributed by atoms with Gasteiger partial charge in [-0.3, -0.25) is 14.4 Å². The summed E-state index contributed by atoms with van der Waals surface area (Å²) in [5.41, 5.74) is 4.65. The molecule has 5 aromatic rings. The van der Waals surface area contributed by atoms with Gasteiger partial charge in [0.15, 0.2) is 5.13 Å². The van der Waals surface area contributed by atoms with Gasteiger partial charge in [0.05, 0.1) is 18.1 Å². The second-order valence-electron chi connectivity index (χ2n) is 10.5. The summed E-state index contributed by atoms with van der Waals surface area (Å²) in [5.74, 6) is -0.447. The van der Waals surface area contributed by atoms with Crippen molar-refractivity contribution < 1.29 is 19.1 Å². The summed E-state index contributed by atoms with van der Waals surface area (Å²) >= 11 is 2.79. The fraction of sp³-hybridized carbons (Fsp3) is 0.135. The number of thioether (sulfide) groups is 1. The summed E-state index contributed by atoms with van der Waals surface area (Å²) in [6.45, 7) is 3.99. The molecule has 1 atom stereocenters. The Hall–Kier alpha value is -5.19. The highest BCUT2D eigenvalue weighted by atomic mass is 32.2. The zero-order valence-electron chi connectivity index (χ0n) is 26.2. The van der Waals surface area contributed by atoms with Crippen LogP contribution in [-0.4, -0.2) is 35.1 Å². The monoisotopic (exact) mass is 662 g/mol. The van der Waals surface area contributed by atoms with E-state index in [4.69, 9.17) is 4.74 Å². The molecular weight excluding hydrogens is 629 g/mol. The number of ether oxygens (including phenoxy) is 1. The van der Waals surface area contributed by atoms with Gasteiger partial charge in [-0.25, -0.2) is 4.98 Å². The number of hydrogen-bond donors (Lipinski definition) is 3. The number of hydrogen-bond acceptors (Lipinski definition) is 7. The zero-order chi connectivity index (χ0) is 33.2. The lowest BCUT2D eigenvalue weighted by molar-refractivity contribution is -0.116. The normalized spacial score (nSPS) is 11.8. The number of aromatic nitrogens is 1. The van der Waals surface area contributed by atoms with Crippen molar-refractivity contribution in [3.63, 3.8) is 0 Å². The molecule has 10 heteroatoms. The van der Waals surface area contributed by atoms with Crippen molar-refractivity contribution in [3.8, 4) is 17.0 Å². The predicted molar refractivity (Wildman–Crippen MR) is 191 cm³/mol. The predicted octanol–water partition coefficient (Wildman–Crippen LogP) is 8.05. The van der Waals surface area contributed by atoms with E-state index in [2.05, 4.69) is 20.9 Å². The first kappa shape index (κ1) is 33.2. The molecule has 238 valence electrons. The second kappa shape index (κ2) is 15.9. The molecule has 1 aromatic heterocycles. The molecule has 0 aliphatic rings. The number of thiazole rings is 1. The van der Waals surface area contributed by atoms with Gasteiger partial charge in [-0.15, -0.1) is 23.1 Å². The molecule has 0 bridgehead atoms. The molecule has 1 unspecified atom stereocenters. The Morgan fingerprint density at radius 3 is 2.43 bits per heavy atom. The second-order valence-corrected chi connectivity index (χ2v) is 12.7.